The second-order valence-electron chi connectivity index (χ2n) is 3.38. The summed E-state index contributed by atoms with van der Waals surface area (Å²) >= 11 is 0. The van der Waals surface area contributed by atoms with E-state index in [1.165, 1.54) is 0 Å². The number of rotatable bonds is 4. The monoisotopic (exact) mass is 275 g/mol. The number of amides is 1. The van der Waals surface area contributed by atoms with Gasteiger partial charge in [-0.25, -0.2) is 4.79 Å². The zero-order valence-corrected chi connectivity index (χ0v) is 9.27. The Morgan fingerprint density at radius 1 is 1.26 bits per heavy atom. The van der Waals surface area contributed by atoms with Gasteiger partial charge in [-0.05, 0) is 29.8 Å². The standard InChI is InChI=1S/C11H8F3NO4/c12-11(13,14)19-8-4-6(1-2-9(15)16)3-7(5-8)10(17)18/h1-5H,(H2,15,16)(H,17,18). The molecular weight excluding hydrogens is 267 g/mol. The van der Waals surface area contributed by atoms with Crippen molar-refractivity contribution < 1.29 is 32.6 Å². The van der Waals surface area contributed by atoms with Crippen LogP contribution in [-0.2, 0) is 4.79 Å². The van der Waals surface area contributed by atoms with Gasteiger partial charge < -0.3 is 15.6 Å². The van der Waals surface area contributed by atoms with Crippen molar-refractivity contribution in [3.05, 3.63) is 35.4 Å². The molecule has 1 amide bonds. The average molecular weight is 275 g/mol. The molecule has 0 atom stereocenters. The van der Waals surface area contributed by atoms with Gasteiger partial charge in [0, 0.05) is 6.08 Å². The molecule has 0 radical (unpaired) electrons. The molecule has 5 nitrogen and oxygen atoms in total. The Labute approximate surface area is 105 Å². The van der Waals surface area contributed by atoms with Gasteiger partial charge in [0.05, 0.1) is 5.56 Å². The van der Waals surface area contributed by atoms with Crippen LogP contribution >= 0.6 is 0 Å². The number of carboxylic acids is 1. The summed E-state index contributed by atoms with van der Waals surface area (Å²) in [7, 11) is 0. The van der Waals surface area contributed by atoms with E-state index in [0.717, 1.165) is 30.4 Å². The third-order valence-corrected chi connectivity index (χ3v) is 1.85. The molecule has 3 N–H and O–H groups in total. The molecule has 0 aliphatic rings. The molecule has 102 valence electrons. The maximum absolute atomic E-state index is 12.1. The Balaban J connectivity index is 3.18. The second-order valence-corrected chi connectivity index (χ2v) is 3.38. The number of ether oxygens (including phenoxy) is 1. The predicted molar refractivity (Wildman–Crippen MR) is 58.3 cm³/mol. The van der Waals surface area contributed by atoms with Crippen LogP contribution in [0.25, 0.3) is 6.08 Å². The van der Waals surface area contributed by atoms with Crippen LogP contribution in [0.5, 0.6) is 5.75 Å². The van der Waals surface area contributed by atoms with Gasteiger partial charge in [-0.15, -0.1) is 13.2 Å². The molecule has 0 aliphatic heterocycles. The summed E-state index contributed by atoms with van der Waals surface area (Å²) in [5.74, 6) is -2.95. The van der Waals surface area contributed by atoms with Crippen molar-refractivity contribution in [3.8, 4) is 5.75 Å². The normalized spacial score (nSPS) is 11.5. The highest BCUT2D eigenvalue weighted by atomic mass is 19.4. The highest BCUT2D eigenvalue weighted by molar-refractivity contribution is 5.92. The van der Waals surface area contributed by atoms with E-state index in [-0.39, 0.29) is 5.56 Å². The SMILES string of the molecule is NC(=O)C=Cc1cc(OC(F)(F)F)cc(C(=O)O)c1. The molecular formula is C11H8F3NO4. The summed E-state index contributed by atoms with van der Waals surface area (Å²) in [5.41, 5.74) is 4.45. The van der Waals surface area contributed by atoms with Gasteiger partial charge >= 0.3 is 12.3 Å². The number of hydrogen-bond donors (Lipinski definition) is 2. The minimum atomic E-state index is -4.94. The van der Waals surface area contributed by atoms with E-state index < -0.39 is 29.6 Å². The van der Waals surface area contributed by atoms with Gasteiger partial charge in [0.25, 0.3) is 0 Å². The van der Waals surface area contributed by atoms with E-state index in [1.54, 1.807) is 0 Å². The van der Waals surface area contributed by atoms with E-state index in [2.05, 4.69) is 4.74 Å². The first-order valence-corrected chi connectivity index (χ1v) is 4.79. The van der Waals surface area contributed by atoms with Crippen LogP contribution in [0, 0.1) is 0 Å². The zero-order chi connectivity index (χ0) is 14.6. The molecule has 0 fully saturated rings. The second kappa shape index (κ2) is 5.42. The molecule has 19 heavy (non-hydrogen) atoms. The number of nitrogens with two attached hydrogens (primary N) is 1. The van der Waals surface area contributed by atoms with E-state index in [4.69, 9.17) is 10.8 Å². The topological polar surface area (TPSA) is 89.6 Å². The predicted octanol–water partition coefficient (Wildman–Crippen LogP) is 1.78. The molecule has 0 bridgehead atoms. The third-order valence-electron chi connectivity index (χ3n) is 1.85. The van der Waals surface area contributed by atoms with Crippen LogP contribution in [0.1, 0.15) is 15.9 Å². The lowest BCUT2D eigenvalue weighted by molar-refractivity contribution is -0.274. The smallest absolute Gasteiger partial charge is 0.478 e. The molecule has 0 saturated carbocycles. The quantitative estimate of drug-likeness (QED) is 0.819. The number of halogens is 3. The van der Waals surface area contributed by atoms with Crippen molar-refractivity contribution in [1.82, 2.24) is 0 Å². The lowest BCUT2D eigenvalue weighted by Gasteiger charge is -2.10. The molecule has 0 unspecified atom stereocenters. The largest absolute Gasteiger partial charge is 0.573 e. The maximum atomic E-state index is 12.1. The van der Waals surface area contributed by atoms with Gasteiger partial charge in [-0.3, -0.25) is 4.79 Å². The van der Waals surface area contributed by atoms with Crippen molar-refractivity contribution in [2.75, 3.05) is 0 Å². The Kier molecular flexibility index (Phi) is 4.15. The maximum Gasteiger partial charge on any atom is 0.573 e. The van der Waals surface area contributed by atoms with Crippen molar-refractivity contribution in [1.29, 1.82) is 0 Å². The number of primary amides is 1. The number of aromatic carboxylic acids is 1. The van der Waals surface area contributed by atoms with Crippen LogP contribution < -0.4 is 10.5 Å². The zero-order valence-electron chi connectivity index (χ0n) is 9.27. The molecule has 1 aromatic carbocycles. The Bertz CT molecular complexity index is 537. The summed E-state index contributed by atoms with van der Waals surface area (Å²) in [6.45, 7) is 0. The van der Waals surface area contributed by atoms with Gasteiger partial charge in [0.2, 0.25) is 5.91 Å². The summed E-state index contributed by atoms with van der Waals surface area (Å²) < 4.78 is 39.8. The number of carbonyl (C=O) groups excluding carboxylic acids is 1. The van der Waals surface area contributed by atoms with E-state index in [0.29, 0.717) is 0 Å². The highest BCUT2D eigenvalue weighted by Gasteiger charge is 2.31. The van der Waals surface area contributed by atoms with Gasteiger partial charge in [0.1, 0.15) is 5.75 Å². The minimum absolute atomic E-state index is 0.0398. The van der Waals surface area contributed by atoms with Crippen molar-refractivity contribution in [2.45, 2.75) is 6.36 Å². The number of benzene rings is 1. The number of carboxylic acid groups (broad SMARTS) is 1. The van der Waals surface area contributed by atoms with Crippen LogP contribution in [0.15, 0.2) is 24.3 Å². The van der Waals surface area contributed by atoms with E-state index in [9.17, 15) is 22.8 Å². The van der Waals surface area contributed by atoms with Gasteiger partial charge in [0.15, 0.2) is 0 Å². The van der Waals surface area contributed by atoms with Crippen LogP contribution in [0.3, 0.4) is 0 Å². The number of carbonyl (C=O) groups is 2. The number of alkyl halides is 3. The summed E-state index contributed by atoms with van der Waals surface area (Å²) in [5, 5.41) is 8.76. The molecule has 0 heterocycles. The third kappa shape index (κ3) is 5.11. The molecule has 0 spiro atoms. The summed E-state index contributed by atoms with van der Waals surface area (Å²) in [4.78, 5) is 21.3. The highest BCUT2D eigenvalue weighted by Crippen LogP contribution is 2.25. The molecule has 1 rings (SSSR count). The molecule has 0 aromatic heterocycles. The fourth-order valence-electron chi connectivity index (χ4n) is 1.21. The van der Waals surface area contributed by atoms with Crippen molar-refractivity contribution >= 4 is 18.0 Å². The molecule has 1 aromatic rings. The van der Waals surface area contributed by atoms with Gasteiger partial charge in [-0.1, -0.05) is 0 Å². The van der Waals surface area contributed by atoms with Crippen molar-refractivity contribution in [2.24, 2.45) is 5.73 Å². The molecule has 8 heteroatoms. The summed E-state index contributed by atoms with van der Waals surface area (Å²) in [6, 6.07) is 2.72. The molecule has 0 aliphatic carbocycles. The van der Waals surface area contributed by atoms with Gasteiger partial charge in [-0.2, -0.15) is 0 Å². The first kappa shape index (κ1) is 14.6. The fourth-order valence-corrected chi connectivity index (χ4v) is 1.21. The van der Waals surface area contributed by atoms with Crippen LogP contribution in [0.4, 0.5) is 13.2 Å². The van der Waals surface area contributed by atoms with Crippen LogP contribution in [-0.4, -0.2) is 23.3 Å². The summed E-state index contributed by atoms with van der Waals surface area (Å²) in [6.07, 6.45) is -2.97. The van der Waals surface area contributed by atoms with E-state index >= 15 is 0 Å². The van der Waals surface area contributed by atoms with Crippen molar-refractivity contribution in [3.63, 3.8) is 0 Å². The molecule has 0 saturated heterocycles. The average Bonchev–Trinajstić information content (AvgIpc) is 2.23. The first-order chi connectivity index (χ1) is 8.67. The first-order valence-electron chi connectivity index (χ1n) is 4.79. The Hall–Kier alpha value is -2.51. The lowest BCUT2D eigenvalue weighted by Crippen LogP contribution is -2.17. The fraction of sp³-hybridized carbons (Fsp3) is 0.0909. The minimum Gasteiger partial charge on any atom is -0.478 e. The van der Waals surface area contributed by atoms with E-state index in [1.807, 2.05) is 0 Å². The van der Waals surface area contributed by atoms with Crippen LogP contribution in [0.2, 0.25) is 0 Å². The Morgan fingerprint density at radius 2 is 1.89 bits per heavy atom. The number of hydrogen-bond acceptors (Lipinski definition) is 3. The Morgan fingerprint density at radius 3 is 2.37 bits per heavy atom. The lowest BCUT2D eigenvalue weighted by atomic mass is 10.1.